The largest absolute Gasteiger partial charge is 0.418 e. The molecular weight excluding hydrogens is 1660 g/mol. The van der Waals surface area contributed by atoms with Gasteiger partial charge in [-0.15, -0.1) is 22.7 Å². The van der Waals surface area contributed by atoms with Gasteiger partial charge in [0, 0.05) is 90.5 Å². The maximum atomic E-state index is 6.11. The van der Waals surface area contributed by atoms with Crippen molar-refractivity contribution in [2.24, 2.45) is 0 Å². The lowest BCUT2D eigenvalue weighted by Crippen LogP contribution is -2.30. The van der Waals surface area contributed by atoms with Crippen molar-refractivity contribution in [3.05, 3.63) is 428 Å². The summed E-state index contributed by atoms with van der Waals surface area (Å²) in [4.78, 5) is 46.1. The summed E-state index contributed by atoms with van der Waals surface area (Å²) in [7, 11) is 0. The van der Waals surface area contributed by atoms with E-state index in [1.165, 1.54) is 65.5 Å². The van der Waals surface area contributed by atoms with E-state index < -0.39 is 0 Å². The van der Waals surface area contributed by atoms with Crippen molar-refractivity contribution >= 4 is 139 Å². The van der Waals surface area contributed by atoms with E-state index in [0.29, 0.717) is 34.2 Å². The van der Waals surface area contributed by atoms with Crippen molar-refractivity contribution in [3.63, 3.8) is 0 Å². The van der Waals surface area contributed by atoms with Crippen molar-refractivity contribution in [1.82, 2.24) is 49.0 Å². The monoisotopic (exact) mass is 1740 g/mol. The molecule has 0 aliphatic carbocycles. The third kappa shape index (κ3) is 13.4. The number of anilines is 9. The average molecular weight is 1740 g/mol. The second kappa shape index (κ2) is 31.6. The molecule has 15 aromatic carbocycles. The molecule has 0 fully saturated rings. The van der Waals surface area contributed by atoms with Gasteiger partial charge in [-0.1, -0.05) is 236 Å². The first-order chi connectivity index (χ1) is 64.7. The summed E-state index contributed by atoms with van der Waals surface area (Å²) in [6, 6.07) is 134. The minimum Gasteiger partial charge on any atom is -0.418 e. The van der Waals surface area contributed by atoms with Gasteiger partial charge in [-0.2, -0.15) is 0 Å². The van der Waals surface area contributed by atoms with Gasteiger partial charge in [0.1, 0.15) is 32.7 Å². The Morgan fingerprint density at radius 1 is 0.235 bits per heavy atom. The van der Waals surface area contributed by atoms with Crippen LogP contribution in [0.2, 0.25) is 0 Å². The highest BCUT2D eigenvalue weighted by atomic mass is 32.1. The Bertz CT molecular complexity index is 7570. The number of rotatable bonds is 11. The zero-order valence-electron chi connectivity index (χ0n) is 73.0. The standard InChI is InChI=1S/C47H35N5.C35H25N3S2.C33H23N5O2/c1-47(2)37-21-9-13-25-41(37)50(42-26-14-10-22-38(42)47)36-30-32(45-48-39-23-11-15-27-43(39)51(45)34-17-5-3-6-18-34)29-33(31-36)46-49-40-24-12-16-28-44(40)52(46)35-19-7-4-8-20-35;1-35(2)25-11-3-7-15-29(25)38(30-16-8-4-12-26(30)35)24-20-22(33-36-27-13-5-9-17-31(27)39-33)19-23(21-24)34-37-28-14-6-10-18-32(28)40-34;1-33(2)23-9-3-5-13-27(23)38(28-14-6-4-10-24(28)33)22-18-20(29-36-25-11-7-15-34-31(25)39-29)17-21(19-22)30-37-26-12-8-16-35-32(26)40-30/h3-31H,1-2H3;3-21H,1-2H3;3-19H,1-2H3. The van der Waals surface area contributed by atoms with Crippen LogP contribution in [0.4, 0.5) is 51.2 Å². The number of pyridine rings is 2. The van der Waals surface area contributed by atoms with Crippen LogP contribution in [0.5, 0.6) is 0 Å². The zero-order chi connectivity index (χ0) is 88.5. The molecule has 0 saturated heterocycles. The molecule has 0 amide bonds. The predicted molar refractivity (Wildman–Crippen MR) is 539 cm³/mol. The fraction of sp³-hybridized carbons (Fsp3) is 0.0783. The maximum absolute atomic E-state index is 6.11. The first kappa shape index (κ1) is 79.1. The van der Waals surface area contributed by atoms with Gasteiger partial charge >= 0.3 is 0 Å². The van der Waals surface area contributed by atoms with Gasteiger partial charge in [-0.3, -0.25) is 9.13 Å². The van der Waals surface area contributed by atoms with E-state index in [9.17, 15) is 0 Å². The molecule has 0 bridgehead atoms. The molecular formula is C115H83N13O2S2. The van der Waals surface area contributed by atoms with E-state index in [0.717, 1.165) is 128 Å². The molecule has 3 aliphatic rings. The van der Waals surface area contributed by atoms with Gasteiger partial charge in [-0.05, 0) is 221 Å². The molecule has 132 heavy (non-hydrogen) atoms. The van der Waals surface area contributed by atoms with E-state index in [2.05, 4.69) is 427 Å². The maximum Gasteiger partial charge on any atom is 0.247 e. The third-order valence-electron chi connectivity index (χ3n) is 26.0. The fourth-order valence-corrected chi connectivity index (χ4v) is 21.6. The van der Waals surface area contributed by atoms with E-state index >= 15 is 0 Å². The number of aromatic nitrogens is 10. The van der Waals surface area contributed by atoms with E-state index in [1.54, 1.807) is 35.1 Å². The Kier molecular flexibility index (Phi) is 18.9. The number of fused-ring (bicyclic) bond motifs is 12. The van der Waals surface area contributed by atoms with Crippen molar-refractivity contribution in [3.8, 4) is 78.2 Å². The minimum atomic E-state index is -0.174. The highest BCUT2D eigenvalue weighted by Crippen LogP contribution is 2.57. The summed E-state index contributed by atoms with van der Waals surface area (Å²) in [6.07, 6.45) is 3.40. The van der Waals surface area contributed by atoms with E-state index in [4.69, 9.17) is 38.7 Å². The molecule has 0 spiro atoms. The SMILES string of the molecule is CC1(C)c2ccccc2N(c2cc(-c3nc4ccccc4n3-c3ccccc3)cc(-c3nc4ccccc4n3-c3ccccc3)c2)c2ccccc21.CC1(C)c2ccccc2N(c2cc(-c3nc4ccccc4s3)cc(-c3nc4ccccc4s3)c2)c2ccccc21.CC1(C)c2ccccc2N(c2cc(-c3nc4cccnc4o3)cc(-c3nc4cccnc4o3)c2)c2ccccc21. The summed E-state index contributed by atoms with van der Waals surface area (Å²) >= 11 is 3.48. The average Bonchev–Trinajstić information content (AvgIpc) is 0.945. The highest BCUT2D eigenvalue weighted by Gasteiger charge is 2.41. The van der Waals surface area contributed by atoms with Gasteiger partial charge in [0.25, 0.3) is 0 Å². The number of thiazole rings is 2. The van der Waals surface area contributed by atoms with Crippen LogP contribution in [0.15, 0.2) is 403 Å². The molecule has 0 saturated carbocycles. The van der Waals surface area contributed by atoms with Crippen molar-refractivity contribution < 1.29 is 8.83 Å². The van der Waals surface area contributed by atoms with Gasteiger partial charge in [0.2, 0.25) is 23.2 Å². The van der Waals surface area contributed by atoms with Crippen LogP contribution in [0.25, 0.3) is 143 Å². The second-order valence-electron chi connectivity index (χ2n) is 35.1. The third-order valence-corrected chi connectivity index (χ3v) is 28.2. The van der Waals surface area contributed by atoms with Gasteiger partial charge < -0.3 is 23.5 Å². The number of nitrogens with zero attached hydrogens (tertiary/aromatic N) is 13. The van der Waals surface area contributed by atoms with Crippen LogP contribution < -0.4 is 14.7 Å². The van der Waals surface area contributed by atoms with Gasteiger partial charge in [-0.25, -0.2) is 39.9 Å². The number of hydrogen-bond acceptors (Lipinski definition) is 15. The zero-order valence-corrected chi connectivity index (χ0v) is 74.6. The molecule has 26 rings (SSSR count). The van der Waals surface area contributed by atoms with Crippen LogP contribution in [0.3, 0.4) is 0 Å². The van der Waals surface area contributed by atoms with Gasteiger partial charge in [0.15, 0.2) is 0 Å². The molecule has 8 aromatic heterocycles. The number of benzene rings is 15. The number of hydrogen-bond donors (Lipinski definition) is 0. The Labute approximate surface area is 769 Å². The summed E-state index contributed by atoms with van der Waals surface area (Å²) in [5.41, 5.74) is 33.7. The summed E-state index contributed by atoms with van der Waals surface area (Å²) < 4.78 is 19.2. The normalized spacial score (nSPS) is 13.7. The van der Waals surface area contributed by atoms with E-state index in [1.807, 2.05) is 30.3 Å². The smallest absolute Gasteiger partial charge is 0.247 e. The second-order valence-corrected chi connectivity index (χ2v) is 37.2. The molecule has 632 valence electrons. The quantitative estimate of drug-likeness (QED) is 0.121. The van der Waals surface area contributed by atoms with Crippen LogP contribution >= 0.6 is 22.7 Å². The molecule has 0 unspecified atom stereocenters. The van der Waals surface area contributed by atoms with Crippen molar-refractivity contribution in [2.45, 2.75) is 57.8 Å². The summed E-state index contributed by atoms with van der Waals surface area (Å²) in [5.74, 6) is 2.70. The lowest BCUT2D eigenvalue weighted by atomic mass is 9.73. The topological polar surface area (TPSA) is 149 Å². The lowest BCUT2D eigenvalue weighted by Gasteiger charge is -2.42. The first-order valence-electron chi connectivity index (χ1n) is 44.3. The van der Waals surface area contributed by atoms with Crippen LogP contribution in [-0.4, -0.2) is 49.0 Å². The number of para-hydroxylation sites is 14. The van der Waals surface area contributed by atoms with Crippen molar-refractivity contribution in [2.75, 3.05) is 14.7 Å². The van der Waals surface area contributed by atoms with Gasteiger partial charge in [0.05, 0.1) is 76.6 Å². The summed E-state index contributed by atoms with van der Waals surface area (Å²) in [6.45, 7) is 13.9. The molecule has 15 nitrogen and oxygen atoms in total. The molecule has 0 atom stereocenters. The lowest BCUT2D eigenvalue weighted by molar-refractivity contribution is 0.605. The molecule has 23 aromatic rings. The van der Waals surface area contributed by atoms with E-state index in [-0.39, 0.29) is 16.2 Å². The Balaban J connectivity index is 0.000000111. The first-order valence-corrected chi connectivity index (χ1v) is 46.0. The molecule has 3 aliphatic heterocycles. The highest BCUT2D eigenvalue weighted by molar-refractivity contribution is 7.22. The molecule has 0 N–H and O–H groups in total. The Morgan fingerprint density at radius 2 is 0.515 bits per heavy atom. The Morgan fingerprint density at radius 3 is 0.864 bits per heavy atom. The van der Waals surface area contributed by atoms with Crippen LogP contribution in [0, 0.1) is 0 Å². The number of oxazole rings is 2. The number of imidazole rings is 2. The molecule has 0 radical (unpaired) electrons. The van der Waals surface area contributed by atoms with Crippen LogP contribution in [-0.2, 0) is 16.2 Å². The minimum absolute atomic E-state index is 0.107. The van der Waals surface area contributed by atoms with Crippen molar-refractivity contribution in [1.29, 1.82) is 0 Å². The molecule has 17 heteroatoms. The Hall–Kier alpha value is -16.3. The summed E-state index contributed by atoms with van der Waals surface area (Å²) in [5, 5.41) is 2.04. The fourth-order valence-electron chi connectivity index (χ4n) is 19.7. The molecule has 11 heterocycles. The predicted octanol–water partition coefficient (Wildman–Crippen LogP) is 30.4. The van der Waals surface area contributed by atoms with Crippen LogP contribution in [0.1, 0.15) is 74.9 Å².